The van der Waals surface area contributed by atoms with Gasteiger partial charge in [0, 0.05) is 6.42 Å². The first-order valence-corrected chi connectivity index (χ1v) is 6.14. The molecule has 0 aliphatic heterocycles. The molecule has 4 heteroatoms. The number of aryl methyl sites for hydroxylation is 1. The number of halogens is 1. The monoisotopic (exact) mass is 270 g/mol. The van der Waals surface area contributed by atoms with Crippen LogP contribution in [-0.2, 0) is 4.79 Å². The Hall–Kier alpha value is -1.06. The fourth-order valence-corrected chi connectivity index (χ4v) is 1.68. The number of carbonyl (C=O) groups is 1. The molecule has 1 amide bonds. The fraction of sp³-hybridized carbons (Fsp3) is 0.500. The summed E-state index contributed by atoms with van der Waals surface area (Å²) in [6, 6.07) is 8.34. The lowest BCUT2D eigenvalue weighted by Gasteiger charge is -2.14. The van der Waals surface area contributed by atoms with Gasteiger partial charge < -0.3 is 10.6 Å². The van der Waals surface area contributed by atoms with Crippen molar-refractivity contribution in [3.8, 4) is 0 Å². The molecular weight excluding hydrogens is 248 g/mol. The normalized spacial score (nSPS) is 11.5. The van der Waals surface area contributed by atoms with Gasteiger partial charge >= 0.3 is 0 Å². The number of hydrogen-bond acceptors (Lipinski definition) is 2. The van der Waals surface area contributed by atoms with Crippen LogP contribution in [0.3, 0.4) is 0 Å². The summed E-state index contributed by atoms with van der Waals surface area (Å²) in [4.78, 5) is 11.6. The Morgan fingerprint density at radius 1 is 1.28 bits per heavy atom. The largest absolute Gasteiger partial charge is 0.350 e. The minimum absolute atomic E-state index is 0. The van der Waals surface area contributed by atoms with E-state index in [4.69, 9.17) is 0 Å². The molecule has 1 aromatic carbocycles. The lowest BCUT2D eigenvalue weighted by atomic mass is 10.1. The smallest absolute Gasteiger partial charge is 0.220 e. The van der Waals surface area contributed by atoms with Crippen molar-refractivity contribution in [1.29, 1.82) is 0 Å². The molecule has 0 fully saturated rings. The quantitative estimate of drug-likeness (QED) is 0.780. The molecule has 1 unspecified atom stereocenters. The average molecular weight is 271 g/mol. The molecule has 0 spiro atoms. The molecule has 2 N–H and O–H groups in total. The Kier molecular flexibility index (Phi) is 8.42. The van der Waals surface area contributed by atoms with Crippen LogP contribution in [0.2, 0.25) is 0 Å². The number of hydrogen-bond donors (Lipinski definition) is 2. The molecule has 0 heterocycles. The summed E-state index contributed by atoms with van der Waals surface area (Å²) in [5.41, 5.74) is 2.39. The predicted molar refractivity (Wildman–Crippen MR) is 78.1 cm³/mol. The second-order valence-electron chi connectivity index (χ2n) is 4.41. The van der Waals surface area contributed by atoms with Crippen molar-refractivity contribution in [2.75, 3.05) is 13.6 Å². The van der Waals surface area contributed by atoms with Crippen LogP contribution in [0.15, 0.2) is 24.3 Å². The Balaban J connectivity index is 0.00000289. The van der Waals surface area contributed by atoms with E-state index >= 15 is 0 Å². The van der Waals surface area contributed by atoms with Gasteiger partial charge in [0.05, 0.1) is 6.04 Å². The second-order valence-corrected chi connectivity index (χ2v) is 4.41. The summed E-state index contributed by atoms with van der Waals surface area (Å²) >= 11 is 0. The van der Waals surface area contributed by atoms with Crippen LogP contribution in [0.1, 0.15) is 36.9 Å². The molecular formula is C14H23ClN2O. The Bertz CT molecular complexity index is 351. The molecule has 18 heavy (non-hydrogen) atoms. The molecule has 0 aromatic heterocycles. The zero-order chi connectivity index (χ0) is 12.7. The van der Waals surface area contributed by atoms with Gasteiger partial charge in [-0.05, 0) is 39.4 Å². The standard InChI is InChI=1S/C14H22N2O.ClH/c1-11-6-8-13(9-7-11)12(2)16-14(17)5-4-10-15-3;/h6-9,12,15H,4-5,10H2,1-3H3,(H,16,17);1H. The molecule has 0 aliphatic carbocycles. The molecule has 0 radical (unpaired) electrons. The first-order chi connectivity index (χ1) is 8.13. The van der Waals surface area contributed by atoms with Crippen LogP contribution in [-0.4, -0.2) is 19.5 Å². The second kappa shape index (κ2) is 8.95. The third kappa shape index (κ3) is 6.03. The number of rotatable bonds is 6. The van der Waals surface area contributed by atoms with Crippen molar-refractivity contribution in [2.45, 2.75) is 32.7 Å². The van der Waals surface area contributed by atoms with Crippen molar-refractivity contribution >= 4 is 18.3 Å². The van der Waals surface area contributed by atoms with E-state index in [1.807, 2.05) is 14.0 Å². The van der Waals surface area contributed by atoms with Gasteiger partial charge in [0.2, 0.25) is 5.91 Å². The summed E-state index contributed by atoms with van der Waals surface area (Å²) in [5, 5.41) is 6.04. The minimum Gasteiger partial charge on any atom is -0.350 e. The van der Waals surface area contributed by atoms with Crippen LogP contribution in [0, 0.1) is 6.92 Å². The van der Waals surface area contributed by atoms with Gasteiger partial charge in [-0.25, -0.2) is 0 Å². The molecule has 3 nitrogen and oxygen atoms in total. The first-order valence-electron chi connectivity index (χ1n) is 6.14. The van der Waals surface area contributed by atoms with Crippen LogP contribution in [0.5, 0.6) is 0 Å². The van der Waals surface area contributed by atoms with Crippen molar-refractivity contribution in [3.05, 3.63) is 35.4 Å². The zero-order valence-corrected chi connectivity index (χ0v) is 12.1. The molecule has 1 atom stereocenters. The molecule has 0 saturated heterocycles. The maximum absolute atomic E-state index is 11.6. The van der Waals surface area contributed by atoms with Gasteiger partial charge in [0.1, 0.15) is 0 Å². The number of amides is 1. The molecule has 0 aliphatic rings. The highest BCUT2D eigenvalue weighted by Gasteiger charge is 2.08. The van der Waals surface area contributed by atoms with Crippen molar-refractivity contribution < 1.29 is 4.79 Å². The van der Waals surface area contributed by atoms with Crippen molar-refractivity contribution in [3.63, 3.8) is 0 Å². The Morgan fingerprint density at radius 3 is 2.44 bits per heavy atom. The molecule has 0 bridgehead atoms. The maximum atomic E-state index is 11.6. The minimum atomic E-state index is 0. The van der Waals surface area contributed by atoms with Gasteiger partial charge in [-0.3, -0.25) is 4.79 Å². The summed E-state index contributed by atoms with van der Waals surface area (Å²) in [7, 11) is 1.90. The Morgan fingerprint density at radius 2 is 1.89 bits per heavy atom. The first kappa shape index (κ1) is 16.9. The summed E-state index contributed by atoms with van der Waals surface area (Å²) < 4.78 is 0. The summed E-state index contributed by atoms with van der Waals surface area (Å²) in [5.74, 6) is 0.119. The number of nitrogens with one attached hydrogen (secondary N) is 2. The Labute approximate surface area is 116 Å². The van der Waals surface area contributed by atoms with Gasteiger partial charge in [0.25, 0.3) is 0 Å². The predicted octanol–water partition coefficient (Wildman–Crippen LogP) is 2.59. The maximum Gasteiger partial charge on any atom is 0.220 e. The topological polar surface area (TPSA) is 41.1 Å². The zero-order valence-electron chi connectivity index (χ0n) is 11.3. The van der Waals surface area contributed by atoms with E-state index in [-0.39, 0.29) is 24.4 Å². The third-order valence-electron chi connectivity index (χ3n) is 2.79. The van der Waals surface area contributed by atoms with Gasteiger partial charge in [-0.1, -0.05) is 29.8 Å². The van der Waals surface area contributed by atoms with Crippen LogP contribution >= 0.6 is 12.4 Å². The van der Waals surface area contributed by atoms with E-state index in [2.05, 4.69) is 41.8 Å². The van der Waals surface area contributed by atoms with Crippen LogP contribution in [0.25, 0.3) is 0 Å². The van der Waals surface area contributed by atoms with Gasteiger partial charge in [-0.2, -0.15) is 0 Å². The van der Waals surface area contributed by atoms with Crippen LogP contribution in [0.4, 0.5) is 0 Å². The van der Waals surface area contributed by atoms with Crippen molar-refractivity contribution in [1.82, 2.24) is 10.6 Å². The molecule has 0 saturated carbocycles. The summed E-state index contributed by atoms with van der Waals surface area (Å²) in [6.07, 6.45) is 1.46. The fourth-order valence-electron chi connectivity index (χ4n) is 1.68. The van der Waals surface area contributed by atoms with E-state index < -0.39 is 0 Å². The highest BCUT2D eigenvalue weighted by Crippen LogP contribution is 2.13. The summed E-state index contributed by atoms with van der Waals surface area (Å²) in [6.45, 7) is 4.96. The van der Waals surface area contributed by atoms with Crippen molar-refractivity contribution in [2.24, 2.45) is 0 Å². The van der Waals surface area contributed by atoms with E-state index in [1.54, 1.807) is 0 Å². The lowest BCUT2D eigenvalue weighted by Crippen LogP contribution is -2.27. The highest BCUT2D eigenvalue weighted by atomic mass is 35.5. The molecule has 1 rings (SSSR count). The number of carbonyl (C=O) groups excluding carboxylic acids is 1. The highest BCUT2D eigenvalue weighted by molar-refractivity contribution is 5.85. The third-order valence-corrected chi connectivity index (χ3v) is 2.79. The lowest BCUT2D eigenvalue weighted by molar-refractivity contribution is -0.121. The molecule has 102 valence electrons. The number of benzene rings is 1. The van der Waals surface area contributed by atoms with E-state index in [0.29, 0.717) is 6.42 Å². The van der Waals surface area contributed by atoms with E-state index in [0.717, 1.165) is 18.5 Å². The SMILES string of the molecule is CNCCCC(=O)NC(C)c1ccc(C)cc1.Cl. The van der Waals surface area contributed by atoms with Gasteiger partial charge in [-0.15, -0.1) is 12.4 Å². The van der Waals surface area contributed by atoms with E-state index in [9.17, 15) is 4.79 Å². The van der Waals surface area contributed by atoms with Gasteiger partial charge in [0.15, 0.2) is 0 Å². The molecule has 1 aromatic rings. The van der Waals surface area contributed by atoms with E-state index in [1.165, 1.54) is 5.56 Å². The van der Waals surface area contributed by atoms with Crippen LogP contribution < -0.4 is 10.6 Å². The average Bonchev–Trinajstić information content (AvgIpc) is 2.30.